The number of H-pyrrole nitrogens is 1. The lowest BCUT2D eigenvalue weighted by atomic mass is 10.7. The Kier molecular flexibility index (Phi) is 4.45. The molecule has 0 spiro atoms. The molecule has 0 aliphatic rings. The summed E-state index contributed by atoms with van der Waals surface area (Å²) < 4.78 is 1.91. The third-order valence-electron chi connectivity index (χ3n) is 1.07. The Hall–Kier alpha value is -0.900. The Balaban J connectivity index is 0.000000461. The SMILES string of the molecule is CC.Cn1c(=S)cc[nH]c1=O. The topological polar surface area (TPSA) is 37.8 Å². The summed E-state index contributed by atoms with van der Waals surface area (Å²) in [6.07, 6.45) is 1.53. The van der Waals surface area contributed by atoms with E-state index < -0.39 is 0 Å². The monoisotopic (exact) mass is 172 g/mol. The van der Waals surface area contributed by atoms with Crippen LogP contribution < -0.4 is 5.69 Å². The van der Waals surface area contributed by atoms with E-state index in [2.05, 4.69) is 4.98 Å². The van der Waals surface area contributed by atoms with Gasteiger partial charge in [-0.1, -0.05) is 26.1 Å². The number of nitrogens with zero attached hydrogens (tertiary/aromatic N) is 1. The van der Waals surface area contributed by atoms with E-state index in [1.807, 2.05) is 13.8 Å². The number of hydrogen-bond donors (Lipinski definition) is 1. The van der Waals surface area contributed by atoms with E-state index in [4.69, 9.17) is 12.2 Å². The average Bonchev–Trinajstić information content (AvgIpc) is 2.04. The number of nitrogens with one attached hydrogen (secondary N) is 1. The van der Waals surface area contributed by atoms with Crippen LogP contribution in [-0.4, -0.2) is 9.55 Å². The second-order valence-electron chi connectivity index (χ2n) is 1.68. The lowest BCUT2D eigenvalue weighted by Crippen LogP contribution is -2.18. The van der Waals surface area contributed by atoms with E-state index in [9.17, 15) is 4.79 Å². The fourth-order valence-electron chi connectivity index (χ4n) is 0.493. The first-order chi connectivity index (χ1) is 5.22. The fraction of sp³-hybridized carbons (Fsp3) is 0.429. The van der Waals surface area contributed by atoms with Gasteiger partial charge in [-0.25, -0.2) is 4.79 Å². The summed E-state index contributed by atoms with van der Waals surface area (Å²) >= 11 is 4.78. The largest absolute Gasteiger partial charge is 0.326 e. The minimum Gasteiger partial charge on any atom is -0.314 e. The van der Waals surface area contributed by atoms with Gasteiger partial charge in [0.05, 0.1) is 0 Å². The molecule has 0 bridgehead atoms. The maximum atomic E-state index is 10.7. The molecule has 0 atom stereocenters. The van der Waals surface area contributed by atoms with Crippen molar-refractivity contribution in [3.05, 3.63) is 27.4 Å². The molecule has 1 aromatic heterocycles. The highest BCUT2D eigenvalue weighted by atomic mass is 32.1. The number of aromatic nitrogens is 2. The Bertz CT molecular complexity index is 284. The molecule has 3 nitrogen and oxygen atoms in total. The van der Waals surface area contributed by atoms with Gasteiger partial charge in [-0.3, -0.25) is 4.57 Å². The first-order valence-electron chi connectivity index (χ1n) is 3.46. The summed E-state index contributed by atoms with van der Waals surface area (Å²) in [5.74, 6) is 0. The van der Waals surface area contributed by atoms with Gasteiger partial charge < -0.3 is 4.98 Å². The van der Waals surface area contributed by atoms with Crippen LogP contribution in [0.2, 0.25) is 0 Å². The van der Waals surface area contributed by atoms with Crippen LogP contribution in [0.4, 0.5) is 0 Å². The molecular weight excluding hydrogens is 160 g/mol. The molecule has 0 aromatic carbocycles. The van der Waals surface area contributed by atoms with Crippen LogP contribution in [0.15, 0.2) is 17.1 Å². The Morgan fingerprint density at radius 3 is 2.45 bits per heavy atom. The van der Waals surface area contributed by atoms with Gasteiger partial charge in [0.2, 0.25) is 0 Å². The van der Waals surface area contributed by atoms with Crippen molar-refractivity contribution in [2.24, 2.45) is 7.05 Å². The third-order valence-corrected chi connectivity index (χ3v) is 1.48. The molecule has 1 rings (SSSR count). The first-order valence-corrected chi connectivity index (χ1v) is 3.87. The van der Waals surface area contributed by atoms with E-state index in [1.165, 1.54) is 10.8 Å². The van der Waals surface area contributed by atoms with Gasteiger partial charge in [-0.05, 0) is 6.07 Å². The summed E-state index contributed by atoms with van der Waals surface area (Å²) in [5, 5.41) is 0. The van der Waals surface area contributed by atoms with E-state index in [-0.39, 0.29) is 5.69 Å². The molecular formula is C7H12N2OS. The van der Waals surface area contributed by atoms with Gasteiger partial charge in [-0.15, -0.1) is 0 Å². The van der Waals surface area contributed by atoms with Crippen molar-refractivity contribution in [3.63, 3.8) is 0 Å². The van der Waals surface area contributed by atoms with E-state index in [1.54, 1.807) is 13.1 Å². The van der Waals surface area contributed by atoms with Crippen molar-refractivity contribution in [3.8, 4) is 0 Å². The van der Waals surface area contributed by atoms with E-state index in [0.29, 0.717) is 4.64 Å². The lowest BCUT2D eigenvalue weighted by molar-refractivity contribution is 0.797. The molecule has 1 N–H and O–H groups in total. The van der Waals surface area contributed by atoms with Gasteiger partial charge in [0.15, 0.2) is 0 Å². The second kappa shape index (κ2) is 4.85. The molecule has 0 unspecified atom stereocenters. The van der Waals surface area contributed by atoms with E-state index in [0.717, 1.165) is 0 Å². The highest BCUT2D eigenvalue weighted by Crippen LogP contribution is 1.78. The van der Waals surface area contributed by atoms with Crippen molar-refractivity contribution in [2.45, 2.75) is 13.8 Å². The highest BCUT2D eigenvalue weighted by molar-refractivity contribution is 7.71. The average molecular weight is 172 g/mol. The van der Waals surface area contributed by atoms with Crippen LogP contribution in [0.1, 0.15) is 13.8 Å². The molecule has 11 heavy (non-hydrogen) atoms. The van der Waals surface area contributed by atoms with Crippen molar-refractivity contribution in [1.29, 1.82) is 0 Å². The standard InChI is InChI=1S/C5H6N2OS.C2H6/c1-7-4(9)2-3-6-5(7)8;1-2/h2-3H,1H3,(H,6,8);1-2H3. The van der Waals surface area contributed by atoms with Gasteiger partial charge >= 0.3 is 5.69 Å². The molecule has 0 aliphatic carbocycles. The van der Waals surface area contributed by atoms with Crippen LogP contribution in [-0.2, 0) is 7.05 Å². The maximum Gasteiger partial charge on any atom is 0.326 e. The molecule has 0 saturated heterocycles. The molecule has 1 aromatic rings. The summed E-state index contributed by atoms with van der Waals surface area (Å²) in [4.78, 5) is 13.2. The predicted octanol–water partition coefficient (Wildman–Crippen LogP) is 1.47. The van der Waals surface area contributed by atoms with Crippen molar-refractivity contribution < 1.29 is 0 Å². The number of aromatic amines is 1. The number of rotatable bonds is 0. The molecule has 0 fully saturated rings. The quantitative estimate of drug-likeness (QED) is 0.602. The maximum absolute atomic E-state index is 10.7. The van der Waals surface area contributed by atoms with Crippen molar-refractivity contribution >= 4 is 12.2 Å². The third kappa shape index (κ3) is 2.67. The minimum atomic E-state index is -0.178. The first kappa shape index (κ1) is 10.1. The second-order valence-corrected chi connectivity index (χ2v) is 2.10. The molecule has 0 aliphatic heterocycles. The minimum absolute atomic E-state index is 0.178. The van der Waals surface area contributed by atoms with Crippen LogP contribution in [0.5, 0.6) is 0 Å². The zero-order chi connectivity index (χ0) is 8.85. The normalized spacial score (nSPS) is 8.27. The summed E-state index contributed by atoms with van der Waals surface area (Å²) in [6.45, 7) is 4.00. The lowest BCUT2D eigenvalue weighted by Gasteiger charge is -1.91. The Morgan fingerprint density at radius 2 is 2.09 bits per heavy atom. The van der Waals surface area contributed by atoms with Crippen molar-refractivity contribution in [2.75, 3.05) is 0 Å². The van der Waals surface area contributed by atoms with Crippen LogP contribution in [0.3, 0.4) is 0 Å². The van der Waals surface area contributed by atoms with Gasteiger partial charge in [0.25, 0.3) is 0 Å². The summed E-state index contributed by atoms with van der Waals surface area (Å²) in [5.41, 5.74) is -0.178. The molecule has 4 heteroatoms. The van der Waals surface area contributed by atoms with Gasteiger partial charge in [0.1, 0.15) is 4.64 Å². The zero-order valence-corrected chi connectivity index (χ0v) is 7.73. The predicted molar refractivity (Wildman–Crippen MR) is 48.2 cm³/mol. The molecule has 62 valence electrons. The van der Waals surface area contributed by atoms with Crippen LogP contribution in [0.25, 0.3) is 0 Å². The molecule has 0 radical (unpaired) electrons. The van der Waals surface area contributed by atoms with Gasteiger partial charge in [-0.2, -0.15) is 0 Å². The van der Waals surface area contributed by atoms with Crippen molar-refractivity contribution in [1.82, 2.24) is 9.55 Å². The number of hydrogen-bond acceptors (Lipinski definition) is 2. The summed E-state index contributed by atoms with van der Waals surface area (Å²) in [7, 11) is 1.63. The summed E-state index contributed by atoms with van der Waals surface area (Å²) in [6, 6.07) is 1.66. The molecule has 0 saturated carbocycles. The van der Waals surface area contributed by atoms with Crippen LogP contribution in [0, 0.1) is 4.64 Å². The fourth-order valence-corrected chi connectivity index (χ4v) is 0.644. The van der Waals surface area contributed by atoms with Crippen LogP contribution >= 0.6 is 12.2 Å². The highest BCUT2D eigenvalue weighted by Gasteiger charge is 1.85. The Morgan fingerprint density at radius 1 is 1.55 bits per heavy atom. The Labute approximate surface area is 70.7 Å². The van der Waals surface area contributed by atoms with Gasteiger partial charge in [0, 0.05) is 13.2 Å². The molecule has 1 heterocycles. The smallest absolute Gasteiger partial charge is 0.314 e. The molecule has 0 amide bonds. The van der Waals surface area contributed by atoms with E-state index >= 15 is 0 Å². The zero-order valence-electron chi connectivity index (χ0n) is 6.92.